The molecule has 1 aromatic rings. The van der Waals surface area contributed by atoms with Crippen LogP contribution >= 0.6 is 11.8 Å². The van der Waals surface area contributed by atoms with Gasteiger partial charge in [-0.05, 0) is 17.7 Å². The summed E-state index contributed by atoms with van der Waals surface area (Å²) >= 11 is 2.07. The van der Waals surface area contributed by atoms with E-state index in [1.165, 1.54) is 36.3 Å². The lowest BCUT2D eigenvalue weighted by Gasteiger charge is -2.04. The second-order valence-corrected chi connectivity index (χ2v) is 5.21. The van der Waals surface area contributed by atoms with Gasteiger partial charge in [-0.1, -0.05) is 50.1 Å². The van der Waals surface area contributed by atoms with Crippen LogP contribution in [0.5, 0.6) is 0 Å². The first-order valence-electron chi connectivity index (χ1n) is 6.26. The maximum Gasteiger partial charge on any atom is 0.0205 e. The molecule has 0 fully saturated rings. The maximum absolute atomic E-state index is 3.47. The third-order valence-electron chi connectivity index (χ3n) is 2.49. The van der Waals surface area contributed by atoms with E-state index in [9.17, 15) is 0 Å². The molecule has 0 saturated heterocycles. The van der Waals surface area contributed by atoms with Gasteiger partial charge in [-0.25, -0.2) is 0 Å². The highest BCUT2D eigenvalue weighted by Crippen LogP contribution is 2.05. The maximum atomic E-state index is 3.47. The van der Waals surface area contributed by atoms with Crippen LogP contribution in [-0.2, 0) is 6.54 Å². The van der Waals surface area contributed by atoms with Gasteiger partial charge in [0.25, 0.3) is 0 Å². The molecular formula is C14H23NS. The van der Waals surface area contributed by atoms with E-state index in [1.807, 2.05) is 0 Å². The zero-order chi connectivity index (χ0) is 11.5. The predicted molar refractivity (Wildman–Crippen MR) is 75.0 cm³/mol. The van der Waals surface area contributed by atoms with Gasteiger partial charge in [0.1, 0.15) is 0 Å². The third-order valence-corrected chi connectivity index (χ3v) is 3.56. The first-order valence-corrected chi connectivity index (χ1v) is 7.41. The fraction of sp³-hybridized carbons (Fsp3) is 0.571. The highest BCUT2D eigenvalue weighted by atomic mass is 32.2. The molecule has 0 heterocycles. The Bertz CT molecular complexity index is 248. The monoisotopic (exact) mass is 237 g/mol. The molecule has 1 nitrogen and oxygen atoms in total. The molecule has 0 aliphatic heterocycles. The normalized spacial score (nSPS) is 10.6. The molecule has 16 heavy (non-hydrogen) atoms. The predicted octanol–water partition coefficient (Wildman–Crippen LogP) is 3.70. The van der Waals surface area contributed by atoms with E-state index in [0.717, 1.165) is 13.1 Å². The molecule has 1 aromatic carbocycles. The van der Waals surface area contributed by atoms with Crippen molar-refractivity contribution in [3.63, 3.8) is 0 Å². The van der Waals surface area contributed by atoms with Crippen LogP contribution in [0.3, 0.4) is 0 Å². The van der Waals surface area contributed by atoms with Crippen LogP contribution in [0.2, 0.25) is 0 Å². The molecule has 1 N–H and O–H groups in total. The van der Waals surface area contributed by atoms with E-state index in [4.69, 9.17) is 0 Å². The lowest BCUT2D eigenvalue weighted by molar-refractivity contribution is 0.730. The van der Waals surface area contributed by atoms with Gasteiger partial charge in [-0.2, -0.15) is 11.8 Å². The smallest absolute Gasteiger partial charge is 0.0205 e. The van der Waals surface area contributed by atoms with E-state index in [0.29, 0.717) is 0 Å². The van der Waals surface area contributed by atoms with Gasteiger partial charge in [0.2, 0.25) is 0 Å². The average Bonchev–Trinajstić information content (AvgIpc) is 2.34. The van der Waals surface area contributed by atoms with Crippen molar-refractivity contribution in [2.75, 3.05) is 18.1 Å². The Kier molecular flexibility index (Phi) is 8.27. The van der Waals surface area contributed by atoms with Crippen molar-refractivity contribution < 1.29 is 0 Å². The zero-order valence-electron chi connectivity index (χ0n) is 10.2. The SMILES string of the molecule is CCCCCSCCNCc1ccccc1. The van der Waals surface area contributed by atoms with E-state index >= 15 is 0 Å². The Morgan fingerprint density at radius 2 is 1.88 bits per heavy atom. The van der Waals surface area contributed by atoms with Crippen LogP contribution in [-0.4, -0.2) is 18.1 Å². The van der Waals surface area contributed by atoms with Crippen LogP contribution in [0.4, 0.5) is 0 Å². The second-order valence-electron chi connectivity index (χ2n) is 3.98. The molecule has 1 rings (SSSR count). The third kappa shape index (κ3) is 6.91. The number of benzene rings is 1. The first-order chi connectivity index (χ1) is 7.93. The minimum atomic E-state index is 0.996. The topological polar surface area (TPSA) is 12.0 Å². The van der Waals surface area contributed by atoms with Crippen LogP contribution in [0, 0.1) is 0 Å². The largest absolute Gasteiger partial charge is 0.312 e. The van der Waals surface area contributed by atoms with Crippen molar-refractivity contribution in [2.24, 2.45) is 0 Å². The van der Waals surface area contributed by atoms with Crippen molar-refractivity contribution in [1.29, 1.82) is 0 Å². The highest BCUT2D eigenvalue weighted by Gasteiger charge is 1.92. The van der Waals surface area contributed by atoms with Gasteiger partial charge in [0.05, 0.1) is 0 Å². The Morgan fingerprint density at radius 3 is 2.62 bits per heavy atom. The number of hydrogen-bond donors (Lipinski definition) is 1. The number of hydrogen-bond acceptors (Lipinski definition) is 2. The van der Waals surface area contributed by atoms with Crippen LogP contribution in [0.25, 0.3) is 0 Å². The van der Waals surface area contributed by atoms with Gasteiger partial charge in [-0.3, -0.25) is 0 Å². The van der Waals surface area contributed by atoms with Gasteiger partial charge < -0.3 is 5.32 Å². The van der Waals surface area contributed by atoms with Gasteiger partial charge >= 0.3 is 0 Å². The van der Waals surface area contributed by atoms with Gasteiger partial charge in [0.15, 0.2) is 0 Å². The summed E-state index contributed by atoms with van der Waals surface area (Å²) in [6.07, 6.45) is 4.08. The van der Waals surface area contributed by atoms with Crippen molar-refractivity contribution in [2.45, 2.75) is 32.7 Å². The average molecular weight is 237 g/mol. The molecule has 0 aliphatic rings. The van der Waals surface area contributed by atoms with Gasteiger partial charge in [0, 0.05) is 18.8 Å². The minimum absolute atomic E-state index is 0.996. The number of thioether (sulfide) groups is 1. The molecule has 0 atom stereocenters. The van der Waals surface area contributed by atoms with Gasteiger partial charge in [-0.15, -0.1) is 0 Å². The summed E-state index contributed by atoms with van der Waals surface area (Å²) in [7, 11) is 0. The van der Waals surface area contributed by atoms with Crippen molar-refractivity contribution >= 4 is 11.8 Å². The lowest BCUT2D eigenvalue weighted by atomic mass is 10.2. The van der Waals surface area contributed by atoms with Crippen LogP contribution < -0.4 is 5.32 Å². The zero-order valence-corrected chi connectivity index (χ0v) is 11.1. The molecule has 2 heteroatoms. The van der Waals surface area contributed by atoms with E-state index < -0.39 is 0 Å². The van der Waals surface area contributed by atoms with Crippen LogP contribution in [0.15, 0.2) is 30.3 Å². The summed E-state index contributed by atoms with van der Waals surface area (Å²) in [5, 5.41) is 3.47. The molecule has 90 valence electrons. The summed E-state index contributed by atoms with van der Waals surface area (Å²) in [5.41, 5.74) is 1.37. The summed E-state index contributed by atoms with van der Waals surface area (Å²) in [5.74, 6) is 2.55. The van der Waals surface area contributed by atoms with E-state index in [-0.39, 0.29) is 0 Å². The molecule has 0 amide bonds. The summed E-state index contributed by atoms with van der Waals surface area (Å²) < 4.78 is 0. The Balaban J connectivity index is 1.89. The van der Waals surface area contributed by atoms with E-state index in [2.05, 4.69) is 54.3 Å². The summed E-state index contributed by atoms with van der Waals surface area (Å²) in [4.78, 5) is 0. The number of rotatable bonds is 9. The number of unbranched alkanes of at least 4 members (excludes halogenated alkanes) is 2. The Hall–Kier alpha value is -0.470. The lowest BCUT2D eigenvalue weighted by Crippen LogP contribution is -2.16. The molecule has 0 spiro atoms. The molecular weight excluding hydrogens is 214 g/mol. The molecule has 0 unspecified atom stereocenters. The first kappa shape index (κ1) is 13.6. The minimum Gasteiger partial charge on any atom is -0.312 e. The fourth-order valence-corrected chi connectivity index (χ4v) is 2.43. The molecule has 0 aromatic heterocycles. The summed E-state index contributed by atoms with van der Waals surface area (Å²) in [6.45, 7) is 4.37. The van der Waals surface area contributed by atoms with Crippen molar-refractivity contribution in [3.05, 3.63) is 35.9 Å². The van der Waals surface area contributed by atoms with Crippen LogP contribution in [0.1, 0.15) is 31.7 Å². The molecule has 0 saturated carbocycles. The molecule has 0 aliphatic carbocycles. The highest BCUT2D eigenvalue weighted by molar-refractivity contribution is 7.99. The molecule has 0 bridgehead atoms. The fourth-order valence-electron chi connectivity index (χ4n) is 1.53. The van der Waals surface area contributed by atoms with E-state index in [1.54, 1.807) is 0 Å². The summed E-state index contributed by atoms with van der Waals surface area (Å²) in [6, 6.07) is 10.6. The van der Waals surface area contributed by atoms with Crippen molar-refractivity contribution in [3.8, 4) is 0 Å². The Labute approximate surface area is 104 Å². The van der Waals surface area contributed by atoms with Crippen molar-refractivity contribution in [1.82, 2.24) is 5.32 Å². The standard InChI is InChI=1S/C14H23NS/c1-2-3-7-11-16-12-10-15-13-14-8-5-4-6-9-14/h4-6,8-9,15H,2-3,7,10-13H2,1H3. The number of nitrogens with one attached hydrogen (secondary N) is 1. The quantitative estimate of drug-likeness (QED) is 0.657. The molecule has 0 radical (unpaired) electrons. The second kappa shape index (κ2) is 9.73. The Morgan fingerprint density at radius 1 is 1.06 bits per heavy atom.